The lowest BCUT2D eigenvalue weighted by atomic mass is 10.1. The zero-order valence-electron chi connectivity index (χ0n) is 9.20. The Morgan fingerprint density at radius 3 is 2.53 bits per heavy atom. The van der Waals surface area contributed by atoms with E-state index in [-0.39, 0.29) is 5.56 Å². The maximum atomic E-state index is 12.1. The Morgan fingerprint density at radius 2 is 1.95 bits per heavy atom. The van der Waals surface area contributed by atoms with Gasteiger partial charge in [0.15, 0.2) is 0 Å². The molecule has 0 aliphatic carbocycles. The molecule has 0 fully saturated rings. The normalized spacial score (nSPS) is 11.4. The van der Waals surface area contributed by atoms with Gasteiger partial charge in [0.05, 0.1) is 9.21 Å². The van der Waals surface area contributed by atoms with E-state index in [0.29, 0.717) is 9.21 Å². The van der Waals surface area contributed by atoms with Crippen molar-refractivity contribution in [3.8, 4) is 5.75 Å². The highest BCUT2D eigenvalue weighted by Gasteiger charge is 2.31. The number of alkyl halides is 3. The summed E-state index contributed by atoms with van der Waals surface area (Å²) in [6.07, 6.45) is -4.78. The Labute approximate surface area is 115 Å². The summed E-state index contributed by atoms with van der Waals surface area (Å²) in [5.74, 6) is -0.828. The van der Waals surface area contributed by atoms with Crippen LogP contribution >= 0.6 is 22.9 Å². The number of carbonyl (C=O) groups excluding carboxylic acids is 1. The minimum Gasteiger partial charge on any atom is -0.406 e. The average Bonchev–Trinajstić information content (AvgIpc) is 2.73. The second kappa shape index (κ2) is 5.22. The number of carbonyl (C=O) groups is 1. The third-order valence-corrected chi connectivity index (χ3v) is 3.36. The molecule has 0 unspecified atom stereocenters. The summed E-state index contributed by atoms with van der Waals surface area (Å²) < 4.78 is 40.4. The third-order valence-electron chi connectivity index (χ3n) is 2.13. The third kappa shape index (κ3) is 3.71. The maximum absolute atomic E-state index is 12.1. The van der Waals surface area contributed by atoms with Crippen molar-refractivity contribution in [2.45, 2.75) is 6.36 Å². The number of ketones is 1. The van der Waals surface area contributed by atoms with Crippen LogP contribution in [0.4, 0.5) is 13.2 Å². The number of ether oxygens (including phenoxy) is 1. The summed E-state index contributed by atoms with van der Waals surface area (Å²) >= 11 is 6.77. The Hall–Kier alpha value is -1.53. The van der Waals surface area contributed by atoms with Crippen LogP contribution in [0.25, 0.3) is 0 Å². The first-order valence-corrected chi connectivity index (χ1v) is 6.20. The maximum Gasteiger partial charge on any atom is 0.573 e. The minimum atomic E-state index is -4.78. The topological polar surface area (TPSA) is 26.3 Å². The van der Waals surface area contributed by atoms with Gasteiger partial charge in [-0.25, -0.2) is 0 Å². The number of hydrogen-bond acceptors (Lipinski definition) is 3. The van der Waals surface area contributed by atoms with Crippen molar-refractivity contribution in [3.63, 3.8) is 0 Å². The lowest BCUT2D eigenvalue weighted by Gasteiger charge is -2.09. The van der Waals surface area contributed by atoms with Crippen molar-refractivity contribution in [1.29, 1.82) is 0 Å². The van der Waals surface area contributed by atoms with E-state index in [0.717, 1.165) is 23.5 Å². The molecule has 2 rings (SSSR count). The van der Waals surface area contributed by atoms with Crippen molar-refractivity contribution >= 4 is 28.7 Å². The van der Waals surface area contributed by atoms with Gasteiger partial charge in [0.1, 0.15) is 5.75 Å². The predicted molar refractivity (Wildman–Crippen MR) is 65.9 cm³/mol. The molecule has 0 amide bonds. The van der Waals surface area contributed by atoms with Crippen LogP contribution in [0, 0.1) is 0 Å². The molecule has 19 heavy (non-hydrogen) atoms. The van der Waals surface area contributed by atoms with Crippen molar-refractivity contribution in [2.24, 2.45) is 0 Å². The average molecular weight is 307 g/mol. The van der Waals surface area contributed by atoms with Crippen molar-refractivity contribution < 1.29 is 22.7 Å². The predicted octanol–water partition coefficient (Wildman–Crippen LogP) is 4.53. The van der Waals surface area contributed by atoms with E-state index >= 15 is 0 Å². The van der Waals surface area contributed by atoms with E-state index in [1.54, 1.807) is 6.07 Å². The number of benzene rings is 1. The number of thiophene rings is 1. The molecule has 0 saturated carbocycles. The monoisotopic (exact) mass is 306 g/mol. The summed E-state index contributed by atoms with van der Waals surface area (Å²) in [6, 6.07) is 7.99. The van der Waals surface area contributed by atoms with Gasteiger partial charge < -0.3 is 4.74 Å². The fourth-order valence-corrected chi connectivity index (χ4v) is 2.42. The highest BCUT2D eigenvalue weighted by molar-refractivity contribution is 7.18. The van der Waals surface area contributed by atoms with Crippen LogP contribution in [-0.4, -0.2) is 12.1 Å². The summed E-state index contributed by atoms with van der Waals surface area (Å²) in [5.41, 5.74) is 0.111. The molecule has 1 heterocycles. The van der Waals surface area contributed by atoms with Crippen LogP contribution in [0.1, 0.15) is 15.2 Å². The number of rotatable bonds is 3. The minimum absolute atomic E-state index is 0.111. The van der Waals surface area contributed by atoms with E-state index in [4.69, 9.17) is 11.6 Å². The standard InChI is InChI=1S/C12H6ClF3O2S/c13-10-5-4-9(19-10)11(17)7-2-1-3-8(6-7)18-12(14,15)16/h1-6H. The first-order chi connectivity index (χ1) is 8.85. The lowest BCUT2D eigenvalue weighted by molar-refractivity contribution is -0.274. The zero-order chi connectivity index (χ0) is 14.0. The summed E-state index contributed by atoms with van der Waals surface area (Å²) in [6.45, 7) is 0. The molecule has 1 aromatic carbocycles. The summed E-state index contributed by atoms with van der Waals surface area (Å²) in [5, 5.41) is 0. The Kier molecular flexibility index (Phi) is 3.82. The second-order valence-electron chi connectivity index (χ2n) is 3.51. The number of halogens is 4. The van der Waals surface area contributed by atoms with Gasteiger partial charge in [0.2, 0.25) is 5.78 Å². The van der Waals surface area contributed by atoms with Crippen LogP contribution in [-0.2, 0) is 0 Å². The first-order valence-electron chi connectivity index (χ1n) is 5.01. The molecule has 0 saturated heterocycles. The van der Waals surface area contributed by atoms with Gasteiger partial charge in [-0.2, -0.15) is 0 Å². The molecule has 0 spiro atoms. The van der Waals surface area contributed by atoms with Gasteiger partial charge in [-0.3, -0.25) is 4.79 Å². The fourth-order valence-electron chi connectivity index (χ4n) is 1.41. The van der Waals surface area contributed by atoms with E-state index in [1.807, 2.05) is 0 Å². The van der Waals surface area contributed by atoms with E-state index < -0.39 is 17.9 Å². The molecule has 0 atom stereocenters. The second-order valence-corrected chi connectivity index (χ2v) is 5.22. The highest BCUT2D eigenvalue weighted by Crippen LogP contribution is 2.27. The van der Waals surface area contributed by atoms with Gasteiger partial charge in [-0.1, -0.05) is 23.7 Å². The van der Waals surface area contributed by atoms with Crippen LogP contribution in [0.5, 0.6) is 5.75 Å². The SMILES string of the molecule is O=C(c1cccc(OC(F)(F)F)c1)c1ccc(Cl)s1. The van der Waals surface area contributed by atoms with Gasteiger partial charge in [0, 0.05) is 5.56 Å². The lowest BCUT2D eigenvalue weighted by Crippen LogP contribution is -2.17. The van der Waals surface area contributed by atoms with E-state index in [2.05, 4.69) is 4.74 Å². The molecule has 2 nitrogen and oxygen atoms in total. The van der Waals surface area contributed by atoms with Crippen molar-refractivity contribution in [1.82, 2.24) is 0 Å². The molecule has 7 heteroatoms. The van der Waals surface area contributed by atoms with Gasteiger partial charge in [-0.05, 0) is 24.3 Å². The molecule has 0 aliphatic heterocycles. The molecule has 0 bridgehead atoms. The van der Waals surface area contributed by atoms with Crippen molar-refractivity contribution in [3.05, 3.63) is 51.2 Å². The van der Waals surface area contributed by atoms with Gasteiger partial charge >= 0.3 is 6.36 Å². The largest absolute Gasteiger partial charge is 0.573 e. The molecular weight excluding hydrogens is 301 g/mol. The molecule has 2 aromatic rings. The quantitative estimate of drug-likeness (QED) is 0.779. The summed E-state index contributed by atoms with van der Waals surface area (Å²) in [7, 11) is 0. The van der Waals surface area contributed by atoms with Crippen molar-refractivity contribution in [2.75, 3.05) is 0 Å². The van der Waals surface area contributed by atoms with Gasteiger partial charge in [-0.15, -0.1) is 24.5 Å². The van der Waals surface area contributed by atoms with Gasteiger partial charge in [0.25, 0.3) is 0 Å². The highest BCUT2D eigenvalue weighted by atomic mass is 35.5. The van der Waals surface area contributed by atoms with E-state index in [1.165, 1.54) is 18.2 Å². The Balaban J connectivity index is 2.26. The Bertz CT molecular complexity index is 607. The molecule has 0 N–H and O–H groups in total. The van der Waals surface area contributed by atoms with Crippen LogP contribution in [0.2, 0.25) is 4.34 Å². The summed E-state index contributed by atoms with van der Waals surface area (Å²) in [4.78, 5) is 12.3. The smallest absolute Gasteiger partial charge is 0.406 e. The fraction of sp³-hybridized carbons (Fsp3) is 0.0833. The van der Waals surface area contributed by atoms with E-state index in [9.17, 15) is 18.0 Å². The molecule has 0 aliphatic rings. The Morgan fingerprint density at radius 1 is 1.21 bits per heavy atom. The zero-order valence-corrected chi connectivity index (χ0v) is 10.8. The van der Waals surface area contributed by atoms with Crippen LogP contribution in [0.3, 0.4) is 0 Å². The number of hydrogen-bond donors (Lipinski definition) is 0. The molecule has 100 valence electrons. The molecule has 0 radical (unpaired) electrons. The first kappa shape index (κ1) is 13.9. The molecular formula is C12H6ClF3O2S. The van der Waals surface area contributed by atoms with Crippen LogP contribution < -0.4 is 4.74 Å². The molecule has 1 aromatic heterocycles. The van der Waals surface area contributed by atoms with Crippen LogP contribution in [0.15, 0.2) is 36.4 Å².